The maximum atomic E-state index is 13.4. The lowest BCUT2D eigenvalue weighted by Crippen LogP contribution is -2.43. The first-order valence-electron chi connectivity index (χ1n) is 11.0. The number of thiophene rings is 1. The van der Waals surface area contributed by atoms with Gasteiger partial charge in [-0.3, -0.25) is 14.4 Å². The number of nitrogens with one attached hydrogen (secondary N) is 2. The number of rotatable bonds is 5. The van der Waals surface area contributed by atoms with Crippen molar-refractivity contribution in [1.82, 2.24) is 9.88 Å². The SMILES string of the molecule is Cc1cccc(NC(=O)C2CCCN(C(=O)c3sc(NC(=O)c4cccc(F)c4)cc3C)C2)n1. The summed E-state index contributed by atoms with van der Waals surface area (Å²) in [5.74, 6) is -1.08. The maximum absolute atomic E-state index is 13.4. The van der Waals surface area contributed by atoms with E-state index in [4.69, 9.17) is 0 Å². The minimum atomic E-state index is -0.493. The zero-order chi connectivity index (χ0) is 24.2. The quantitative estimate of drug-likeness (QED) is 0.557. The van der Waals surface area contributed by atoms with Gasteiger partial charge in [-0.15, -0.1) is 11.3 Å². The van der Waals surface area contributed by atoms with Crippen molar-refractivity contribution in [3.63, 3.8) is 0 Å². The van der Waals surface area contributed by atoms with Crippen LogP contribution in [-0.2, 0) is 4.79 Å². The van der Waals surface area contributed by atoms with Gasteiger partial charge in [0.1, 0.15) is 11.6 Å². The predicted octanol–water partition coefficient (Wildman–Crippen LogP) is 4.64. The van der Waals surface area contributed by atoms with Crippen molar-refractivity contribution in [1.29, 1.82) is 0 Å². The number of carbonyl (C=O) groups is 3. The molecule has 7 nitrogen and oxygen atoms in total. The number of piperidine rings is 1. The monoisotopic (exact) mass is 480 g/mol. The van der Waals surface area contributed by atoms with E-state index in [1.54, 1.807) is 24.0 Å². The molecule has 1 aliphatic heterocycles. The molecule has 3 aromatic rings. The highest BCUT2D eigenvalue weighted by Crippen LogP contribution is 2.30. The van der Waals surface area contributed by atoms with Crippen LogP contribution in [0.5, 0.6) is 0 Å². The first-order chi connectivity index (χ1) is 16.3. The lowest BCUT2D eigenvalue weighted by molar-refractivity contribution is -0.121. The fourth-order valence-electron chi connectivity index (χ4n) is 3.93. The summed E-state index contributed by atoms with van der Waals surface area (Å²) in [7, 11) is 0. The lowest BCUT2D eigenvalue weighted by atomic mass is 9.97. The number of nitrogens with zero attached hydrogens (tertiary/aromatic N) is 2. The van der Waals surface area contributed by atoms with Gasteiger partial charge in [0.05, 0.1) is 15.8 Å². The van der Waals surface area contributed by atoms with E-state index in [1.165, 1.54) is 29.5 Å². The van der Waals surface area contributed by atoms with Gasteiger partial charge in [0, 0.05) is 24.3 Å². The molecule has 4 rings (SSSR count). The molecular formula is C25H25FN4O3S. The molecule has 9 heteroatoms. The Morgan fingerprint density at radius 2 is 1.88 bits per heavy atom. The number of halogens is 1. The number of aryl methyl sites for hydroxylation is 2. The van der Waals surface area contributed by atoms with Gasteiger partial charge < -0.3 is 15.5 Å². The summed E-state index contributed by atoms with van der Waals surface area (Å²) in [5.41, 5.74) is 1.75. The second kappa shape index (κ2) is 10.1. The minimum Gasteiger partial charge on any atom is -0.337 e. The number of amides is 3. The fraction of sp³-hybridized carbons (Fsp3) is 0.280. The molecule has 176 valence electrons. The largest absolute Gasteiger partial charge is 0.337 e. The van der Waals surface area contributed by atoms with Crippen molar-refractivity contribution >= 4 is 39.9 Å². The molecular weight excluding hydrogens is 455 g/mol. The second-order valence-electron chi connectivity index (χ2n) is 8.33. The Labute approximate surface area is 201 Å². The van der Waals surface area contributed by atoms with Gasteiger partial charge >= 0.3 is 0 Å². The van der Waals surface area contributed by atoms with Crippen molar-refractivity contribution in [3.8, 4) is 0 Å². The molecule has 2 N–H and O–H groups in total. The van der Waals surface area contributed by atoms with Gasteiger partial charge in [-0.1, -0.05) is 12.1 Å². The van der Waals surface area contributed by atoms with Crippen LogP contribution in [0.3, 0.4) is 0 Å². The average molecular weight is 481 g/mol. The maximum Gasteiger partial charge on any atom is 0.264 e. The number of aromatic nitrogens is 1. The van der Waals surface area contributed by atoms with Crippen LogP contribution in [0, 0.1) is 25.6 Å². The van der Waals surface area contributed by atoms with E-state index in [0.29, 0.717) is 35.2 Å². The summed E-state index contributed by atoms with van der Waals surface area (Å²) in [6.07, 6.45) is 1.42. The molecule has 0 radical (unpaired) electrons. The van der Waals surface area contributed by atoms with Crippen molar-refractivity contribution in [3.05, 3.63) is 76.0 Å². The van der Waals surface area contributed by atoms with Gasteiger partial charge in [-0.25, -0.2) is 9.37 Å². The van der Waals surface area contributed by atoms with Gasteiger partial charge in [0.2, 0.25) is 5.91 Å². The molecule has 0 spiro atoms. The Hall–Kier alpha value is -3.59. The number of benzene rings is 1. The molecule has 1 atom stereocenters. The normalized spacial score (nSPS) is 15.6. The summed E-state index contributed by atoms with van der Waals surface area (Å²) in [6, 6.07) is 12.6. The third-order valence-electron chi connectivity index (χ3n) is 5.65. The van der Waals surface area contributed by atoms with Crippen LogP contribution >= 0.6 is 11.3 Å². The molecule has 1 fully saturated rings. The summed E-state index contributed by atoms with van der Waals surface area (Å²) >= 11 is 1.17. The summed E-state index contributed by atoms with van der Waals surface area (Å²) < 4.78 is 13.4. The molecule has 0 aliphatic carbocycles. The van der Waals surface area contributed by atoms with E-state index in [2.05, 4.69) is 15.6 Å². The Morgan fingerprint density at radius 3 is 2.65 bits per heavy atom. The smallest absolute Gasteiger partial charge is 0.264 e. The fourth-order valence-corrected chi connectivity index (χ4v) is 4.97. The highest BCUT2D eigenvalue weighted by molar-refractivity contribution is 7.18. The Bertz CT molecular complexity index is 1240. The van der Waals surface area contributed by atoms with Crippen LogP contribution in [0.4, 0.5) is 15.2 Å². The van der Waals surface area contributed by atoms with Crippen LogP contribution in [0.15, 0.2) is 48.5 Å². The number of hydrogen-bond acceptors (Lipinski definition) is 5. The van der Waals surface area contributed by atoms with Crippen LogP contribution in [0.1, 0.15) is 44.1 Å². The zero-order valence-corrected chi connectivity index (χ0v) is 19.7. The third kappa shape index (κ3) is 5.48. The molecule has 1 saturated heterocycles. The number of likely N-dealkylation sites (tertiary alicyclic amines) is 1. The van der Waals surface area contributed by atoms with Crippen molar-refractivity contribution in [2.24, 2.45) is 5.92 Å². The van der Waals surface area contributed by atoms with E-state index < -0.39 is 11.7 Å². The van der Waals surface area contributed by atoms with Gasteiger partial charge in [-0.2, -0.15) is 0 Å². The molecule has 34 heavy (non-hydrogen) atoms. The molecule has 2 aromatic heterocycles. The van der Waals surface area contributed by atoms with Crippen molar-refractivity contribution < 1.29 is 18.8 Å². The zero-order valence-electron chi connectivity index (χ0n) is 18.9. The lowest BCUT2D eigenvalue weighted by Gasteiger charge is -2.31. The Kier molecular flexibility index (Phi) is 7.02. The van der Waals surface area contributed by atoms with E-state index >= 15 is 0 Å². The molecule has 1 unspecified atom stereocenters. The first kappa shape index (κ1) is 23.6. The minimum absolute atomic E-state index is 0.151. The van der Waals surface area contributed by atoms with Crippen LogP contribution in [-0.4, -0.2) is 40.7 Å². The average Bonchev–Trinajstić information content (AvgIpc) is 3.18. The summed E-state index contributed by atoms with van der Waals surface area (Å²) in [5, 5.41) is 6.09. The van der Waals surface area contributed by atoms with Gasteiger partial charge in [-0.05, 0) is 68.7 Å². The van der Waals surface area contributed by atoms with E-state index in [9.17, 15) is 18.8 Å². The third-order valence-corrected chi connectivity index (χ3v) is 6.80. The van der Waals surface area contributed by atoms with Crippen molar-refractivity contribution in [2.75, 3.05) is 23.7 Å². The number of carbonyl (C=O) groups excluding carboxylic acids is 3. The Morgan fingerprint density at radius 1 is 1.09 bits per heavy atom. The summed E-state index contributed by atoms with van der Waals surface area (Å²) in [4.78, 5) is 44.9. The van der Waals surface area contributed by atoms with Crippen LogP contribution < -0.4 is 10.6 Å². The topological polar surface area (TPSA) is 91.4 Å². The second-order valence-corrected chi connectivity index (χ2v) is 9.38. The number of pyridine rings is 1. The Balaban J connectivity index is 1.41. The first-order valence-corrected chi connectivity index (χ1v) is 11.8. The highest BCUT2D eigenvalue weighted by atomic mass is 32.1. The van der Waals surface area contributed by atoms with Crippen molar-refractivity contribution in [2.45, 2.75) is 26.7 Å². The van der Waals surface area contributed by atoms with E-state index in [1.807, 2.05) is 19.1 Å². The van der Waals surface area contributed by atoms with E-state index in [0.717, 1.165) is 23.7 Å². The van der Waals surface area contributed by atoms with Crippen LogP contribution in [0.2, 0.25) is 0 Å². The molecule has 1 aromatic carbocycles. The molecule has 3 heterocycles. The number of anilines is 2. The predicted molar refractivity (Wildman–Crippen MR) is 130 cm³/mol. The van der Waals surface area contributed by atoms with Crippen LogP contribution in [0.25, 0.3) is 0 Å². The number of hydrogen-bond donors (Lipinski definition) is 2. The summed E-state index contributed by atoms with van der Waals surface area (Å²) in [6.45, 7) is 4.54. The highest BCUT2D eigenvalue weighted by Gasteiger charge is 2.30. The standard InChI is InChI=1S/C25H25FN4O3S/c1-15-12-21(29-23(31)17-7-4-9-19(26)13-17)34-22(15)25(33)30-11-5-8-18(14-30)24(32)28-20-10-3-6-16(2)27-20/h3-4,6-7,9-10,12-13,18H,5,8,11,14H2,1-2H3,(H,29,31)(H,27,28,32). The molecule has 0 saturated carbocycles. The van der Waals surface area contributed by atoms with Gasteiger partial charge in [0.25, 0.3) is 11.8 Å². The molecule has 3 amide bonds. The molecule has 1 aliphatic rings. The van der Waals surface area contributed by atoms with E-state index in [-0.39, 0.29) is 23.3 Å². The van der Waals surface area contributed by atoms with Gasteiger partial charge in [0.15, 0.2) is 0 Å². The molecule has 0 bridgehead atoms.